The van der Waals surface area contributed by atoms with Crippen LogP contribution in [0.3, 0.4) is 0 Å². The zero-order valence-corrected chi connectivity index (χ0v) is 18.7. The number of ether oxygens (including phenoxy) is 1. The van der Waals surface area contributed by atoms with Crippen molar-refractivity contribution < 1.29 is 4.74 Å². The van der Waals surface area contributed by atoms with Crippen molar-refractivity contribution in [3.63, 3.8) is 0 Å². The minimum absolute atomic E-state index is 0. The van der Waals surface area contributed by atoms with Gasteiger partial charge in [-0.05, 0) is 19.1 Å². The lowest BCUT2D eigenvalue weighted by Crippen LogP contribution is -2.47. The molecule has 1 unspecified atom stereocenters. The van der Waals surface area contributed by atoms with Gasteiger partial charge in [-0.15, -0.1) is 24.0 Å². The van der Waals surface area contributed by atoms with E-state index >= 15 is 0 Å². The first-order chi connectivity index (χ1) is 13.1. The first-order valence-corrected chi connectivity index (χ1v) is 9.13. The van der Waals surface area contributed by atoms with Crippen molar-refractivity contribution in [3.05, 3.63) is 53.7 Å². The molecule has 0 saturated carbocycles. The van der Waals surface area contributed by atoms with Gasteiger partial charge in [-0.25, -0.2) is 4.98 Å². The van der Waals surface area contributed by atoms with Crippen LogP contribution in [0.15, 0.2) is 41.8 Å². The number of nitrogens with zero attached hydrogens (tertiary/aromatic N) is 6. The van der Waals surface area contributed by atoms with Crippen LogP contribution in [0.4, 0.5) is 0 Å². The van der Waals surface area contributed by atoms with E-state index in [0.717, 1.165) is 36.0 Å². The van der Waals surface area contributed by atoms with Gasteiger partial charge in [-0.2, -0.15) is 5.10 Å². The molecule has 3 aromatic heterocycles. The van der Waals surface area contributed by atoms with Crippen LogP contribution in [-0.2, 0) is 18.3 Å². The number of aromatic nitrogens is 4. The molecule has 8 nitrogen and oxygen atoms in total. The molecule has 0 spiro atoms. The quantitative estimate of drug-likeness (QED) is 0.343. The van der Waals surface area contributed by atoms with Crippen molar-refractivity contribution >= 4 is 35.6 Å². The third-order valence-corrected chi connectivity index (χ3v) is 4.85. The topological polar surface area (TPSA) is 72.0 Å². The van der Waals surface area contributed by atoms with Gasteiger partial charge in [0.15, 0.2) is 5.96 Å². The molecule has 0 bridgehead atoms. The van der Waals surface area contributed by atoms with Crippen molar-refractivity contribution in [2.24, 2.45) is 12.0 Å². The predicted octanol–water partition coefficient (Wildman–Crippen LogP) is 2.14. The summed E-state index contributed by atoms with van der Waals surface area (Å²) in [7, 11) is 3.73. The molecule has 0 amide bonds. The van der Waals surface area contributed by atoms with E-state index in [-0.39, 0.29) is 30.1 Å². The van der Waals surface area contributed by atoms with Gasteiger partial charge in [0.1, 0.15) is 11.8 Å². The number of nitrogens with one attached hydrogen (secondary N) is 1. The van der Waals surface area contributed by atoms with E-state index in [0.29, 0.717) is 13.2 Å². The smallest absolute Gasteiger partial charge is 0.194 e. The maximum Gasteiger partial charge on any atom is 0.194 e. The fraction of sp³-hybridized carbons (Fsp3) is 0.421. The number of hydrogen-bond donors (Lipinski definition) is 1. The SMILES string of the molecule is CN=C(NCc1cn2c(C)cccc2n1)N1CCOC(c2cnn(C)c2)C1.I. The van der Waals surface area contributed by atoms with Crippen LogP contribution in [0.2, 0.25) is 0 Å². The first-order valence-electron chi connectivity index (χ1n) is 9.13. The zero-order valence-electron chi connectivity index (χ0n) is 16.4. The number of aryl methyl sites for hydroxylation is 2. The highest BCUT2D eigenvalue weighted by molar-refractivity contribution is 14.0. The van der Waals surface area contributed by atoms with Crippen molar-refractivity contribution in [2.75, 3.05) is 26.7 Å². The molecule has 1 saturated heterocycles. The highest BCUT2D eigenvalue weighted by Crippen LogP contribution is 2.21. The lowest BCUT2D eigenvalue weighted by Gasteiger charge is -2.34. The average molecular weight is 495 g/mol. The van der Waals surface area contributed by atoms with Gasteiger partial charge in [0.2, 0.25) is 0 Å². The molecule has 1 aliphatic heterocycles. The number of fused-ring (bicyclic) bond motifs is 1. The second-order valence-corrected chi connectivity index (χ2v) is 6.78. The summed E-state index contributed by atoms with van der Waals surface area (Å²) < 4.78 is 9.83. The lowest BCUT2D eigenvalue weighted by molar-refractivity contribution is -0.00805. The Labute approximate surface area is 181 Å². The summed E-state index contributed by atoms with van der Waals surface area (Å²) in [6, 6.07) is 6.13. The number of hydrogen-bond acceptors (Lipinski definition) is 4. The number of morpholine rings is 1. The second-order valence-electron chi connectivity index (χ2n) is 6.78. The summed E-state index contributed by atoms with van der Waals surface area (Å²) in [4.78, 5) is 11.4. The number of pyridine rings is 1. The minimum Gasteiger partial charge on any atom is -0.370 e. The van der Waals surface area contributed by atoms with Gasteiger partial charge >= 0.3 is 0 Å². The van der Waals surface area contributed by atoms with E-state index in [2.05, 4.69) is 48.9 Å². The van der Waals surface area contributed by atoms with Gasteiger partial charge in [0.05, 0.1) is 31.6 Å². The number of halogens is 1. The Hall–Kier alpha value is -2.14. The molecule has 28 heavy (non-hydrogen) atoms. The lowest BCUT2D eigenvalue weighted by atomic mass is 10.1. The van der Waals surface area contributed by atoms with Crippen LogP contribution in [0.25, 0.3) is 5.65 Å². The molecule has 0 aliphatic carbocycles. The maximum absolute atomic E-state index is 5.92. The molecular weight excluding hydrogens is 469 g/mol. The zero-order chi connectivity index (χ0) is 18.8. The van der Waals surface area contributed by atoms with Crippen molar-refractivity contribution in [1.29, 1.82) is 0 Å². The standard InChI is InChI=1S/C19H25N7O.HI/c1-14-5-4-6-18-23-16(12-26(14)18)10-21-19(20-2)25-7-8-27-17(13-25)15-9-22-24(3)11-15;/h4-6,9,11-12,17H,7-8,10,13H2,1-3H3,(H,20,21);1H. The Morgan fingerprint density at radius 1 is 1.36 bits per heavy atom. The monoisotopic (exact) mass is 495 g/mol. The Morgan fingerprint density at radius 3 is 2.93 bits per heavy atom. The number of rotatable bonds is 3. The van der Waals surface area contributed by atoms with Crippen LogP contribution in [0.5, 0.6) is 0 Å². The van der Waals surface area contributed by atoms with Gasteiger partial charge in [0.25, 0.3) is 0 Å². The summed E-state index contributed by atoms with van der Waals surface area (Å²) in [5.41, 5.74) is 4.21. The van der Waals surface area contributed by atoms with Crippen LogP contribution >= 0.6 is 24.0 Å². The molecule has 1 atom stereocenters. The Morgan fingerprint density at radius 2 is 2.21 bits per heavy atom. The van der Waals surface area contributed by atoms with Gasteiger partial charge in [-0.1, -0.05) is 6.07 Å². The van der Waals surface area contributed by atoms with Crippen molar-refractivity contribution in [3.8, 4) is 0 Å². The van der Waals surface area contributed by atoms with Crippen LogP contribution in [-0.4, -0.2) is 56.8 Å². The normalized spacial score (nSPS) is 17.6. The van der Waals surface area contributed by atoms with Crippen LogP contribution in [0.1, 0.15) is 23.1 Å². The fourth-order valence-electron chi connectivity index (χ4n) is 3.44. The van der Waals surface area contributed by atoms with E-state index in [1.165, 1.54) is 5.69 Å². The second kappa shape index (κ2) is 8.91. The molecular formula is C19H26IN7O. The largest absolute Gasteiger partial charge is 0.370 e. The van der Waals surface area contributed by atoms with Crippen molar-refractivity contribution in [2.45, 2.75) is 19.6 Å². The van der Waals surface area contributed by atoms with Crippen LogP contribution < -0.4 is 5.32 Å². The Kier molecular flexibility index (Phi) is 6.55. The van der Waals surface area contributed by atoms with E-state index in [1.54, 1.807) is 4.68 Å². The summed E-state index contributed by atoms with van der Waals surface area (Å²) in [6.45, 7) is 4.92. The maximum atomic E-state index is 5.92. The number of aliphatic imine (C=N–C) groups is 1. The summed E-state index contributed by atoms with van der Waals surface area (Å²) in [5.74, 6) is 0.862. The van der Waals surface area contributed by atoms with Gasteiger partial charge < -0.3 is 19.4 Å². The van der Waals surface area contributed by atoms with Crippen molar-refractivity contribution in [1.82, 2.24) is 29.4 Å². The number of imidazole rings is 1. The Bertz CT molecular complexity index is 964. The van der Waals surface area contributed by atoms with Gasteiger partial charge in [-0.3, -0.25) is 9.67 Å². The molecule has 0 radical (unpaired) electrons. The summed E-state index contributed by atoms with van der Waals surface area (Å²) in [5, 5.41) is 7.68. The minimum atomic E-state index is 0. The summed E-state index contributed by atoms with van der Waals surface area (Å²) in [6.07, 6.45) is 5.94. The average Bonchev–Trinajstić information content (AvgIpc) is 3.29. The highest BCUT2D eigenvalue weighted by Gasteiger charge is 2.25. The molecule has 3 aromatic rings. The predicted molar refractivity (Wildman–Crippen MR) is 119 cm³/mol. The molecule has 4 rings (SSSR count). The van der Waals surface area contributed by atoms with E-state index in [4.69, 9.17) is 4.74 Å². The molecule has 150 valence electrons. The molecule has 4 heterocycles. The van der Waals surface area contributed by atoms with Gasteiger partial charge in [0, 0.05) is 44.3 Å². The third kappa shape index (κ3) is 4.30. The molecule has 0 aromatic carbocycles. The summed E-state index contributed by atoms with van der Waals surface area (Å²) >= 11 is 0. The molecule has 1 N–H and O–H groups in total. The third-order valence-electron chi connectivity index (χ3n) is 4.85. The first kappa shape index (κ1) is 20.6. The van der Waals surface area contributed by atoms with E-state index in [9.17, 15) is 0 Å². The van der Waals surface area contributed by atoms with E-state index in [1.807, 2.05) is 38.6 Å². The Balaban J connectivity index is 0.00000225. The number of guanidine groups is 1. The molecule has 1 aliphatic rings. The van der Waals surface area contributed by atoms with Crippen LogP contribution in [0, 0.1) is 6.92 Å². The van der Waals surface area contributed by atoms with E-state index < -0.39 is 0 Å². The molecule has 9 heteroatoms. The molecule has 1 fully saturated rings. The highest BCUT2D eigenvalue weighted by atomic mass is 127. The fourth-order valence-corrected chi connectivity index (χ4v) is 3.44.